The first-order valence-corrected chi connectivity index (χ1v) is 14.6. The fourth-order valence-corrected chi connectivity index (χ4v) is 6.26. The first-order valence-electron chi connectivity index (χ1n) is 14.6. The molecule has 0 aliphatic heterocycles. The molecule has 1 heteroatoms. The van der Waals surface area contributed by atoms with Crippen molar-refractivity contribution in [1.82, 2.24) is 0 Å². The van der Waals surface area contributed by atoms with Crippen LogP contribution in [-0.2, 0) is 4.79 Å². The van der Waals surface area contributed by atoms with Crippen LogP contribution in [0, 0.1) is 35.0 Å². The largest absolute Gasteiger partial charge is 0.294 e. The summed E-state index contributed by atoms with van der Waals surface area (Å²) in [5, 5.41) is 0. The smallest absolute Gasteiger partial charge is 0.163 e. The predicted octanol–water partition coefficient (Wildman–Crippen LogP) is 10.3. The van der Waals surface area contributed by atoms with Crippen LogP contribution < -0.4 is 0 Å². The lowest BCUT2D eigenvalue weighted by Gasteiger charge is -2.36. The van der Waals surface area contributed by atoms with Gasteiger partial charge < -0.3 is 0 Å². The summed E-state index contributed by atoms with van der Waals surface area (Å²) in [6, 6.07) is 0. The maximum atomic E-state index is 13.7. The Morgan fingerprint density at radius 3 is 2.15 bits per heavy atom. The Morgan fingerprint density at radius 2 is 1.56 bits per heavy atom. The molecule has 1 nitrogen and oxygen atoms in total. The topological polar surface area (TPSA) is 17.1 Å². The van der Waals surface area contributed by atoms with E-state index in [9.17, 15) is 4.79 Å². The van der Waals surface area contributed by atoms with E-state index in [-0.39, 0.29) is 11.3 Å². The lowest BCUT2D eigenvalue weighted by Crippen LogP contribution is -2.33. The van der Waals surface area contributed by atoms with Crippen LogP contribution in [0.1, 0.15) is 132 Å². The summed E-state index contributed by atoms with van der Waals surface area (Å²) in [7, 11) is 0. The Hall–Kier alpha value is -1.11. The fourth-order valence-electron chi connectivity index (χ4n) is 6.26. The molecule has 0 aromatic heterocycles. The van der Waals surface area contributed by atoms with Crippen molar-refractivity contribution in [2.24, 2.45) is 35.0 Å². The number of rotatable bonds is 14. The molecule has 0 aromatic rings. The second-order valence-corrected chi connectivity index (χ2v) is 13.2. The summed E-state index contributed by atoms with van der Waals surface area (Å²) in [6.45, 7) is 18.5. The minimum absolute atomic E-state index is 0.0294. The third-order valence-corrected chi connectivity index (χ3v) is 8.66. The zero-order valence-corrected chi connectivity index (χ0v) is 24.0. The molecule has 0 fully saturated rings. The van der Waals surface area contributed by atoms with Crippen molar-refractivity contribution in [3.8, 4) is 0 Å². The highest BCUT2D eigenvalue weighted by Gasteiger charge is 2.37. The highest BCUT2D eigenvalue weighted by atomic mass is 16.1. The van der Waals surface area contributed by atoms with Crippen LogP contribution >= 0.6 is 0 Å². The lowest BCUT2D eigenvalue weighted by molar-refractivity contribution is -0.121. The number of carbonyl (C=O) groups excluding carboxylic acids is 1. The Bertz CT molecular complexity index is 732. The van der Waals surface area contributed by atoms with Gasteiger partial charge in [-0.3, -0.25) is 4.79 Å². The Balaban J connectivity index is 1.74. The summed E-state index contributed by atoms with van der Waals surface area (Å²) < 4.78 is 0. The maximum absolute atomic E-state index is 13.7. The van der Waals surface area contributed by atoms with Gasteiger partial charge in [-0.05, 0) is 73.7 Å². The molecule has 0 amide bonds. The summed E-state index contributed by atoms with van der Waals surface area (Å²) in [6.07, 6.45) is 22.0. The molecule has 0 saturated heterocycles. The number of allylic oxidation sites excluding steroid dienone is 6. The molecule has 4 unspecified atom stereocenters. The van der Waals surface area contributed by atoms with Gasteiger partial charge in [0.2, 0.25) is 0 Å². The molecular weight excluding hydrogens is 412 g/mol. The second-order valence-electron chi connectivity index (χ2n) is 13.2. The van der Waals surface area contributed by atoms with E-state index in [0.29, 0.717) is 11.7 Å². The van der Waals surface area contributed by atoms with Gasteiger partial charge in [-0.25, -0.2) is 0 Å². The van der Waals surface area contributed by atoms with E-state index in [1.54, 1.807) is 5.57 Å². The molecule has 0 spiro atoms. The summed E-state index contributed by atoms with van der Waals surface area (Å²) in [5.74, 6) is 3.62. The Morgan fingerprint density at radius 1 is 0.971 bits per heavy atom. The van der Waals surface area contributed by atoms with Crippen molar-refractivity contribution >= 4 is 5.78 Å². The monoisotopic (exact) mass is 468 g/mol. The molecular formula is C33H56O. The van der Waals surface area contributed by atoms with Crippen LogP contribution in [0.3, 0.4) is 0 Å². The van der Waals surface area contributed by atoms with Gasteiger partial charge in [0.05, 0.1) is 0 Å². The Kier molecular flexibility index (Phi) is 11.9. The molecule has 0 aromatic carbocycles. The normalized spacial score (nSPS) is 24.3. The van der Waals surface area contributed by atoms with Gasteiger partial charge in [-0.1, -0.05) is 117 Å². The van der Waals surface area contributed by atoms with Gasteiger partial charge in [0.15, 0.2) is 5.78 Å². The van der Waals surface area contributed by atoms with E-state index in [0.717, 1.165) is 42.6 Å². The van der Waals surface area contributed by atoms with Crippen LogP contribution in [0.4, 0.5) is 0 Å². The standard InChI is InChI=1S/C33H56O/c1-24(2)13-9-14-25(3)15-10-16-26(4)17-11-19-29-21-20-27(5)30(23-29)32(34)31-28(6)18-12-22-33(31,7)8/h12,18,21,24-27,30H,9-11,13-17,19-20,22-23H2,1-8H3. The molecule has 2 aliphatic rings. The number of hydrogen-bond donors (Lipinski definition) is 0. The molecule has 2 rings (SSSR count). The molecule has 194 valence electrons. The van der Waals surface area contributed by atoms with Crippen molar-refractivity contribution in [2.45, 2.75) is 132 Å². The highest BCUT2D eigenvalue weighted by Crippen LogP contribution is 2.42. The van der Waals surface area contributed by atoms with E-state index in [1.165, 1.54) is 63.4 Å². The molecule has 0 bridgehead atoms. The first kappa shape index (κ1) is 29.1. The number of ketones is 1. The zero-order chi connectivity index (χ0) is 25.3. The van der Waals surface area contributed by atoms with Gasteiger partial charge in [0.1, 0.15) is 0 Å². The number of Topliss-reactive ketones (excluding diaryl/α,β-unsaturated/α-hetero) is 1. The van der Waals surface area contributed by atoms with Crippen LogP contribution in [-0.4, -0.2) is 5.78 Å². The maximum Gasteiger partial charge on any atom is 0.163 e. The molecule has 0 N–H and O–H groups in total. The van der Waals surface area contributed by atoms with Crippen LogP contribution in [0.2, 0.25) is 0 Å². The number of carbonyl (C=O) groups is 1. The molecule has 0 radical (unpaired) electrons. The van der Waals surface area contributed by atoms with Crippen molar-refractivity contribution < 1.29 is 4.79 Å². The summed E-state index contributed by atoms with van der Waals surface area (Å²) in [4.78, 5) is 13.7. The molecule has 4 atom stereocenters. The van der Waals surface area contributed by atoms with E-state index in [2.05, 4.69) is 73.6 Å². The van der Waals surface area contributed by atoms with E-state index in [1.807, 2.05) is 0 Å². The average molecular weight is 469 g/mol. The van der Waals surface area contributed by atoms with Gasteiger partial charge in [-0.15, -0.1) is 0 Å². The fraction of sp³-hybridized carbons (Fsp3) is 0.788. The van der Waals surface area contributed by atoms with Gasteiger partial charge in [0.25, 0.3) is 0 Å². The van der Waals surface area contributed by atoms with Crippen molar-refractivity contribution in [2.75, 3.05) is 0 Å². The minimum atomic E-state index is -0.0294. The molecule has 0 saturated carbocycles. The van der Waals surface area contributed by atoms with Crippen LogP contribution in [0.25, 0.3) is 0 Å². The molecule has 0 heterocycles. The van der Waals surface area contributed by atoms with Crippen molar-refractivity contribution in [1.29, 1.82) is 0 Å². The van der Waals surface area contributed by atoms with Crippen LogP contribution in [0.5, 0.6) is 0 Å². The third kappa shape index (κ3) is 9.16. The third-order valence-electron chi connectivity index (χ3n) is 8.66. The quantitative estimate of drug-likeness (QED) is 0.232. The van der Waals surface area contributed by atoms with Gasteiger partial charge >= 0.3 is 0 Å². The van der Waals surface area contributed by atoms with Crippen molar-refractivity contribution in [3.63, 3.8) is 0 Å². The van der Waals surface area contributed by atoms with E-state index < -0.39 is 0 Å². The Labute approximate surface area is 212 Å². The highest BCUT2D eigenvalue weighted by molar-refractivity contribution is 6.00. The lowest BCUT2D eigenvalue weighted by atomic mass is 9.67. The first-order chi connectivity index (χ1) is 16.0. The summed E-state index contributed by atoms with van der Waals surface area (Å²) >= 11 is 0. The minimum Gasteiger partial charge on any atom is -0.294 e. The predicted molar refractivity (Wildman–Crippen MR) is 150 cm³/mol. The van der Waals surface area contributed by atoms with Gasteiger partial charge in [-0.2, -0.15) is 0 Å². The van der Waals surface area contributed by atoms with E-state index in [4.69, 9.17) is 0 Å². The summed E-state index contributed by atoms with van der Waals surface area (Å²) in [5.41, 5.74) is 3.80. The SMILES string of the molecule is CC1=C(C(=O)C2CC(CCCC(C)CCCC(C)CCCC(C)C)=CCC2C)C(C)(C)CC=C1. The zero-order valence-electron chi connectivity index (χ0n) is 24.0. The molecule has 2 aliphatic carbocycles. The second kappa shape index (κ2) is 13.8. The molecule has 34 heavy (non-hydrogen) atoms. The van der Waals surface area contributed by atoms with Crippen LogP contribution in [0.15, 0.2) is 34.9 Å². The number of hydrogen-bond acceptors (Lipinski definition) is 1. The van der Waals surface area contributed by atoms with E-state index >= 15 is 0 Å². The van der Waals surface area contributed by atoms with Gasteiger partial charge in [0, 0.05) is 11.5 Å². The average Bonchev–Trinajstić information content (AvgIpc) is 2.73. The van der Waals surface area contributed by atoms with Crippen molar-refractivity contribution in [3.05, 3.63) is 34.9 Å².